The molecule has 0 saturated heterocycles. The predicted octanol–water partition coefficient (Wildman–Crippen LogP) is 15.1. The molecule has 0 fully saturated rings. The molecule has 2 aromatic heterocycles. The van der Waals surface area contributed by atoms with Crippen LogP contribution in [0.25, 0.3) is 88.0 Å². The number of benzene rings is 9. The molecule has 55 heavy (non-hydrogen) atoms. The molecule has 0 atom stereocenters. The van der Waals surface area contributed by atoms with Crippen LogP contribution < -0.4 is 4.90 Å². The third-order valence-electron chi connectivity index (χ3n) is 10.9. The molecule has 2 heterocycles. The van der Waals surface area contributed by atoms with Gasteiger partial charge in [-0.25, -0.2) is 0 Å². The first-order chi connectivity index (χ1) is 27.3. The van der Waals surface area contributed by atoms with Crippen LogP contribution >= 0.6 is 0 Å². The van der Waals surface area contributed by atoms with Crippen LogP contribution in [0.4, 0.5) is 17.1 Å². The van der Waals surface area contributed by atoms with Crippen LogP contribution in [-0.4, -0.2) is 0 Å². The van der Waals surface area contributed by atoms with Crippen molar-refractivity contribution >= 4 is 71.7 Å². The summed E-state index contributed by atoms with van der Waals surface area (Å²) < 4.78 is 13.3. The van der Waals surface area contributed by atoms with E-state index < -0.39 is 0 Å². The minimum atomic E-state index is 0.868. The number of furan rings is 2. The molecule has 258 valence electrons. The highest BCUT2D eigenvalue weighted by Crippen LogP contribution is 2.48. The first-order valence-corrected chi connectivity index (χ1v) is 18.7. The van der Waals surface area contributed by atoms with Gasteiger partial charge in [-0.2, -0.15) is 0 Å². The molecule has 3 nitrogen and oxygen atoms in total. The summed E-state index contributed by atoms with van der Waals surface area (Å²) in [4.78, 5) is 2.37. The summed E-state index contributed by atoms with van der Waals surface area (Å²) in [5.74, 6) is 0. The fourth-order valence-electron chi connectivity index (χ4n) is 8.28. The number of para-hydroxylation sites is 2. The molecule has 3 heteroatoms. The van der Waals surface area contributed by atoms with Crippen molar-refractivity contribution in [3.05, 3.63) is 200 Å². The van der Waals surface area contributed by atoms with Gasteiger partial charge in [0.05, 0.1) is 11.1 Å². The summed E-state index contributed by atoms with van der Waals surface area (Å²) in [6, 6.07) is 70.8. The van der Waals surface area contributed by atoms with E-state index in [0.29, 0.717) is 0 Å². The van der Waals surface area contributed by atoms with E-state index in [2.05, 4.69) is 193 Å². The Kier molecular flexibility index (Phi) is 7.17. The van der Waals surface area contributed by atoms with Crippen molar-refractivity contribution in [2.45, 2.75) is 0 Å². The topological polar surface area (TPSA) is 29.5 Å². The summed E-state index contributed by atoms with van der Waals surface area (Å²) in [6.45, 7) is 0. The summed E-state index contributed by atoms with van der Waals surface area (Å²) in [5, 5.41) is 6.79. The van der Waals surface area contributed by atoms with Gasteiger partial charge in [0.1, 0.15) is 22.3 Å². The zero-order chi connectivity index (χ0) is 36.3. The quantitative estimate of drug-likeness (QED) is 0.173. The van der Waals surface area contributed by atoms with Gasteiger partial charge in [0.15, 0.2) is 0 Å². The zero-order valence-corrected chi connectivity index (χ0v) is 29.8. The zero-order valence-electron chi connectivity index (χ0n) is 29.8. The number of nitrogens with zero attached hydrogens (tertiary/aromatic N) is 1. The molecule has 0 radical (unpaired) electrons. The van der Waals surface area contributed by atoms with Crippen LogP contribution in [-0.2, 0) is 0 Å². The van der Waals surface area contributed by atoms with E-state index in [1.807, 2.05) is 12.1 Å². The average Bonchev–Trinajstić information content (AvgIpc) is 3.85. The van der Waals surface area contributed by atoms with Crippen molar-refractivity contribution in [1.29, 1.82) is 0 Å². The lowest BCUT2D eigenvalue weighted by Gasteiger charge is -2.27. The first kappa shape index (κ1) is 31.2. The molecule has 0 spiro atoms. The molecule has 0 saturated carbocycles. The number of fused-ring (bicyclic) bond motifs is 8. The Labute approximate surface area is 317 Å². The van der Waals surface area contributed by atoms with Gasteiger partial charge in [-0.15, -0.1) is 0 Å². The van der Waals surface area contributed by atoms with Gasteiger partial charge in [-0.3, -0.25) is 0 Å². The van der Waals surface area contributed by atoms with Crippen molar-refractivity contribution in [3.8, 4) is 33.4 Å². The normalized spacial score (nSPS) is 11.6. The van der Waals surface area contributed by atoms with Crippen molar-refractivity contribution in [1.82, 2.24) is 0 Å². The third kappa shape index (κ3) is 5.13. The minimum absolute atomic E-state index is 0.868. The fraction of sp³-hybridized carbons (Fsp3) is 0. The second-order valence-electron chi connectivity index (χ2n) is 14.0. The van der Waals surface area contributed by atoms with E-state index in [-0.39, 0.29) is 0 Å². The number of rotatable bonds is 6. The standard InChI is InChI=1S/C52H33NO2/c1-3-12-34(13-4-1)35-22-27-39(28-23-35)53(40-29-24-38(25-30-40)42-19-11-20-45-44-18-9-10-21-47(44)54-51(42)45)46-32-31-43(36-14-5-2-6-15-36)52-50(46)49-41-17-8-7-16-37(41)26-33-48(49)55-52/h1-33H. The lowest BCUT2D eigenvalue weighted by molar-refractivity contribution is 0.669. The maximum atomic E-state index is 6.89. The van der Waals surface area contributed by atoms with Gasteiger partial charge in [0, 0.05) is 38.7 Å². The van der Waals surface area contributed by atoms with Crippen molar-refractivity contribution in [2.24, 2.45) is 0 Å². The Morgan fingerprint density at radius 1 is 0.309 bits per heavy atom. The van der Waals surface area contributed by atoms with E-state index >= 15 is 0 Å². The molecule has 0 unspecified atom stereocenters. The van der Waals surface area contributed by atoms with Crippen LogP contribution in [0, 0.1) is 0 Å². The highest BCUT2D eigenvalue weighted by atomic mass is 16.3. The SMILES string of the molecule is c1ccc(-c2ccc(N(c3ccc(-c4cccc5c4oc4ccccc45)cc3)c3ccc(-c4ccccc4)c4oc5ccc6ccccc6c5c34)cc2)cc1. The van der Waals surface area contributed by atoms with E-state index in [1.165, 1.54) is 21.9 Å². The van der Waals surface area contributed by atoms with Crippen LogP contribution in [0.15, 0.2) is 209 Å². The van der Waals surface area contributed by atoms with Crippen LogP contribution in [0.3, 0.4) is 0 Å². The molecule has 9 aromatic carbocycles. The van der Waals surface area contributed by atoms with Crippen molar-refractivity contribution in [2.75, 3.05) is 4.90 Å². The Hall–Kier alpha value is -7.36. The van der Waals surface area contributed by atoms with Crippen LogP contribution in [0.1, 0.15) is 0 Å². The Morgan fingerprint density at radius 3 is 1.64 bits per heavy atom. The monoisotopic (exact) mass is 703 g/mol. The van der Waals surface area contributed by atoms with E-state index in [0.717, 1.165) is 83.2 Å². The predicted molar refractivity (Wildman–Crippen MR) is 229 cm³/mol. The molecule has 11 aromatic rings. The lowest BCUT2D eigenvalue weighted by Crippen LogP contribution is -2.10. The first-order valence-electron chi connectivity index (χ1n) is 18.7. The summed E-state index contributed by atoms with van der Waals surface area (Å²) in [6.07, 6.45) is 0. The largest absolute Gasteiger partial charge is 0.455 e. The Bertz CT molecular complexity index is 3180. The second kappa shape index (κ2) is 12.6. The Morgan fingerprint density at radius 2 is 0.873 bits per heavy atom. The molecule has 0 aliphatic carbocycles. The van der Waals surface area contributed by atoms with Gasteiger partial charge in [0.25, 0.3) is 0 Å². The Balaban J connectivity index is 1.15. The second-order valence-corrected chi connectivity index (χ2v) is 14.0. The van der Waals surface area contributed by atoms with Gasteiger partial charge < -0.3 is 13.7 Å². The molecule has 0 aliphatic heterocycles. The summed E-state index contributed by atoms with van der Waals surface area (Å²) >= 11 is 0. The highest BCUT2D eigenvalue weighted by Gasteiger charge is 2.24. The molecular formula is C52H33NO2. The minimum Gasteiger partial charge on any atom is -0.455 e. The maximum Gasteiger partial charge on any atom is 0.145 e. The highest BCUT2D eigenvalue weighted by molar-refractivity contribution is 6.25. The van der Waals surface area contributed by atoms with Gasteiger partial charge in [0.2, 0.25) is 0 Å². The smallest absolute Gasteiger partial charge is 0.145 e. The van der Waals surface area contributed by atoms with Crippen molar-refractivity contribution in [3.63, 3.8) is 0 Å². The van der Waals surface area contributed by atoms with E-state index in [4.69, 9.17) is 8.83 Å². The van der Waals surface area contributed by atoms with Gasteiger partial charge in [-0.1, -0.05) is 152 Å². The van der Waals surface area contributed by atoms with E-state index in [9.17, 15) is 0 Å². The summed E-state index contributed by atoms with van der Waals surface area (Å²) in [7, 11) is 0. The number of hydrogen-bond acceptors (Lipinski definition) is 3. The summed E-state index contributed by atoms with van der Waals surface area (Å²) in [5.41, 5.74) is 13.4. The van der Waals surface area contributed by atoms with Crippen LogP contribution in [0.5, 0.6) is 0 Å². The molecule has 0 bridgehead atoms. The maximum absolute atomic E-state index is 6.89. The van der Waals surface area contributed by atoms with Gasteiger partial charge >= 0.3 is 0 Å². The molecule has 11 rings (SSSR count). The number of hydrogen-bond donors (Lipinski definition) is 0. The van der Waals surface area contributed by atoms with Gasteiger partial charge in [-0.05, 0) is 81.6 Å². The van der Waals surface area contributed by atoms with Crippen LogP contribution in [0.2, 0.25) is 0 Å². The molecule has 0 aliphatic rings. The van der Waals surface area contributed by atoms with E-state index in [1.54, 1.807) is 0 Å². The van der Waals surface area contributed by atoms with Crippen molar-refractivity contribution < 1.29 is 8.83 Å². The average molecular weight is 704 g/mol. The molecular weight excluding hydrogens is 671 g/mol. The molecule has 0 amide bonds. The number of anilines is 3. The fourth-order valence-corrected chi connectivity index (χ4v) is 8.28. The third-order valence-corrected chi connectivity index (χ3v) is 10.9. The molecule has 0 N–H and O–H groups in total. The lowest BCUT2D eigenvalue weighted by atomic mass is 9.97.